The number of rotatable bonds is 14. The molecular formula is C25H35NO3. The molecule has 0 atom stereocenters. The van der Waals surface area contributed by atoms with Gasteiger partial charge in [0.2, 0.25) is 0 Å². The summed E-state index contributed by atoms with van der Waals surface area (Å²) in [4.78, 5) is 4.44. The van der Waals surface area contributed by atoms with Gasteiger partial charge in [-0.05, 0) is 49.2 Å². The Morgan fingerprint density at radius 2 is 1.34 bits per heavy atom. The molecule has 2 aromatic rings. The highest BCUT2D eigenvalue weighted by Crippen LogP contribution is 2.24. The summed E-state index contributed by atoms with van der Waals surface area (Å²) in [6.45, 7) is 5.82. The quantitative estimate of drug-likeness (QED) is 0.274. The molecule has 2 aromatic carbocycles. The van der Waals surface area contributed by atoms with Crippen molar-refractivity contribution in [2.24, 2.45) is 4.99 Å². The first-order valence-corrected chi connectivity index (χ1v) is 11.0. The number of hydrogen-bond acceptors (Lipinski definition) is 4. The Bertz CT molecular complexity index is 725. The first kappa shape index (κ1) is 22.8. The summed E-state index contributed by atoms with van der Waals surface area (Å²) in [5.74, 6) is 1.73. The van der Waals surface area contributed by atoms with Crippen molar-refractivity contribution in [2.45, 2.75) is 65.2 Å². The number of hydrogen-bond donors (Lipinski definition) is 1. The Kier molecular flexibility index (Phi) is 10.7. The van der Waals surface area contributed by atoms with Crippen LogP contribution in [0.2, 0.25) is 0 Å². The van der Waals surface area contributed by atoms with Gasteiger partial charge < -0.3 is 14.6 Å². The highest BCUT2D eigenvalue weighted by atomic mass is 16.5. The van der Waals surface area contributed by atoms with Gasteiger partial charge in [0.05, 0.1) is 18.9 Å². The van der Waals surface area contributed by atoms with Crippen LogP contribution in [-0.4, -0.2) is 24.5 Å². The van der Waals surface area contributed by atoms with Crippen LogP contribution in [0.15, 0.2) is 47.5 Å². The van der Waals surface area contributed by atoms with Gasteiger partial charge in [0.25, 0.3) is 0 Å². The molecule has 0 saturated heterocycles. The molecule has 0 aliphatic carbocycles. The van der Waals surface area contributed by atoms with Gasteiger partial charge in [-0.3, -0.25) is 4.99 Å². The second-order valence-corrected chi connectivity index (χ2v) is 7.29. The number of benzene rings is 2. The Morgan fingerprint density at radius 1 is 0.759 bits per heavy atom. The van der Waals surface area contributed by atoms with E-state index in [1.807, 2.05) is 36.4 Å². The van der Waals surface area contributed by atoms with Crippen molar-refractivity contribution in [3.8, 4) is 17.2 Å². The smallest absolute Gasteiger partial charge is 0.128 e. The molecule has 29 heavy (non-hydrogen) atoms. The average Bonchev–Trinajstić information content (AvgIpc) is 2.74. The standard InChI is InChI=1S/C25H35NO3/c1-3-5-7-8-10-18-29-24-14-11-21(25(27)19-24)20-26-22-12-15-23(16-13-22)28-17-9-6-4-2/h11-16,19-20,27H,3-10,17-18H2,1-2H3. The van der Waals surface area contributed by atoms with Crippen LogP contribution in [0.5, 0.6) is 17.2 Å². The maximum absolute atomic E-state index is 10.2. The molecule has 2 rings (SSSR count). The number of unbranched alkanes of at least 4 members (excludes halogenated alkanes) is 6. The monoisotopic (exact) mass is 397 g/mol. The summed E-state index contributed by atoms with van der Waals surface area (Å²) in [6.07, 6.45) is 11.1. The van der Waals surface area contributed by atoms with Crippen molar-refractivity contribution in [3.63, 3.8) is 0 Å². The van der Waals surface area contributed by atoms with E-state index in [-0.39, 0.29) is 5.75 Å². The second-order valence-electron chi connectivity index (χ2n) is 7.29. The highest BCUT2D eigenvalue weighted by molar-refractivity contribution is 5.85. The van der Waals surface area contributed by atoms with Gasteiger partial charge in [0, 0.05) is 17.8 Å². The third-order valence-electron chi connectivity index (χ3n) is 4.72. The van der Waals surface area contributed by atoms with Crippen LogP contribution in [0.3, 0.4) is 0 Å². The summed E-state index contributed by atoms with van der Waals surface area (Å²) in [6, 6.07) is 13.0. The van der Waals surface area contributed by atoms with Gasteiger partial charge >= 0.3 is 0 Å². The molecule has 4 heteroatoms. The number of phenolic OH excluding ortho intramolecular Hbond substituents is 1. The lowest BCUT2D eigenvalue weighted by Crippen LogP contribution is -1.97. The molecule has 0 radical (unpaired) electrons. The molecule has 0 fully saturated rings. The summed E-state index contributed by atoms with van der Waals surface area (Å²) in [5, 5.41) is 10.2. The Hall–Kier alpha value is -2.49. The van der Waals surface area contributed by atoms with E-state index in [4.69, 9.17) is 9.47 Å². The lowest BCUT2D eigenvalue weighted by Gasteiger charge is -2.08. The van der Waals surface area contributed by atoms with Crippen molar-refractivity contribution in [1.29, 1.82) is 0 Å². The van der Waals surface area contributed by atoms with Crippen LogP contribution >= 0.6 is 0 Å². The minimum absolute atomic E-state index is 0.174. The third-order valence-corrected chi connectivity index (χ3v) is 4.72. The first-order valence-electron chi connectivity index (χ1n) is 11.0. The molecule has 0 amide bonds. The Labute approximate surface area is 175 Å². The van der Waals surface area contributed by atoms with Crippen LogP contribution in [0, 0.1) is 0 Å². The van der Waals surface area contributed by atoms with Crippen LogP contribution < -0.4 is 9.47 Å². The summed E-state index contributed by atoms with van der Waals surface area (Å²) >= 11 is 0. The average molecular weight is 398 g/mol. The van der Waals surface area contributed by atoms with E-state index >= 15 is 0 Å². The molecule has 4 nitrogen and oxygen atoms in total. The fourth-order valence-corrected chi connectivity index (χ4v) is 2.93. The minimum atomic E-state index is 0.174. The minimum Gasteiger partial charge on any atom is -0.507 e. The van der Waals surface area contributed by atoms with Crippen LogP contribution in [0.25, 0.3) is 0 Å². The van der Waals surface area contributed by atoms with Crippen LogP contribution in [-0.2, 0) is 0 Å². The zero-order valence-corrected chi connectivity index (χ0v) is 17.9. The van der Waals surface area contributed by atoms with Crippen LogP contribution in [0.1, 0.15) is 70.8 Å². The topological polar surface area (TPSA) is 51.0 Å². The van der Waals surface area contributed by atoms with Crippen molar-refractivity contribution >= 4 is 11.9 Å². The lowest BCUT2D eigenvalue weighted by atomic mass is 10.2. The van der Waals surface area contributed by atoms with Crippen molar-refractivity contribution < 1.29 is 14.6 Å². The van der Waals surface area contributed by atoms with E-state index in [1.165, 1.54) is 38.5 Å². The molecule has 0 saturated carbocycles. The molecule has 0 aromatic heterocycles. The molecule has 158 valence electrons. The number of nitrogens with zero attached hydrogens (tertiary/aromatic N) is 1. The van der Waals surface area contributed by atoms with Crippen LogP contribution in [0.4, 0.5) is 5.69 Å². The lowest BCUT2D eigenvalue weighted by molar-refractivity contribution is 0.303. The fraction of sp³-hybridized carbons (Fsp3) is 0.480. The molecule has 1 N–H and O–H groups in total. The van der Waals surface area contributed by atoms with Crippen molar-refractivity contribution in [1.82, 2.24) is 0 Å². The maximum Gasteiger partial charge on any atom is 0.128 e. The molecule has 0 unspecified atom stereocenters. The fourth-order valence-electron chi connectivity index (χ4n) is 2.93. The van der Waals surface area contributed by atoms with Crippen molar-refractivity contribution in [2.75, 3.05) is 13.2 Å². The molecular weight excluding hydrogens is 362 g/mol. The SMILES string of the molecule is CCCCCCCOc1ccc(C=Nc2ccc(OCCCCC)cc2)c(O)c1. The number of aliphatic imine (C=N–C) groups is 1. The van der Waals surface area contributed by atoms with Gasteiger partial charge in [-0.15, -0.1) is 0 Å². The summed E-state index contributed by atoms with van der Waals surface area (Å²) < 4.78 is 11.4. The van der Waals surface area contributed by atoms with Crippen molar-refractivity contribution in [3.05, 3.63) is 48.0 Å². The van der Waals surface area contributed by atoms with E-state index in [1.54, 1.807) is 12.3 Å². The third kappa shape index (κ3) is 9.03. The zero-order chi connectivity index (χ0) is 20.7. The molecule has 0 bridgehead atoms. The van der Waals surface area contributed by atoms with Gasteiger partial charge in [-0.2, -0.15) is 0 Å². The number of aromatic hydroxyl groups is 1. The van der Waals surface area contributed by atoms with Gasteiger partial charge in [0.15, 0.2) is 0 Å². The Morgan fingerprint density at radius 3 is 2.03 bits per heavy atom. The predicted octanol–water partition coefficient (Wildman–Crippen LogP) is 7.06. The summed E-state index contributed by atoms with van der Waals surface area (Å²) in [5.41, 5.74) is 1.48. The first-order chi connectivity index (χ1) is 14.2. The second kappa shape index (κ2) is 13.6. The largest absolute Gasteiger partial charge is 0.507 e. The molecule has 0 spiro atoms. The summed E-state index contributed by atoms with van der Waals surface area (Å²) in [7, 11) is 0. The molecule has 0 aliphatic rings. The number of ether oxygens (including phenoxy) is 2. The normalized spacial score (nSPS) is 11.1. The molecule has 0 heterocycles. The van der Waals surface area contributed by atoms with E-state index in [0.29, 0.717) is 17.9 Å². The number of phenols is 1. The van der Waals surface area contributed by atoms with Gasteiger partial charge in [-0.1, -0.05) is 52.4 Å². The molecule has 0 aliphatic heterocycles. The van der Waals surface area contributed by atoms with Gasteiger partial charge in [0.1, 0.15) is 17.2 Å². The maximum atomic E-state index is 10.2. The van der Waals surface area contributed by atoms with Gasteiger partial charge in [-0.25, -0.2) is 0 Å². The predicted molar refractivity (Wildman–Crippen MR) is 121 cm³/mol. The van der Waals surface area contributed by atoms with E-state index < -0.39 is 0 Å². The zero-order valence-electron chi connectivity index (χ0n) is 17.9. The van der Waals surface area contributed by atoms with E-state index in [0.717, 1.165) is 30.9 Å². The van der Waals surface area contributed by atoms with E-state index in [9.17, 15) is 5.11 Å². The van der Waals surface area contributed by atoms with E-state index in [2.05, 4.69) is 18.8 Å². The Balaban J connectivity index is 1.80. The highest BCUT2D eigenvalue weighted by Gasteiger charge is 2.02.